The van der Waals surface area contributed by atoms with Crippen LogP contribution in [0.5, 0.6) is 0 Å². The van der Waals surface area contributed by atoms with E-state index in [2.05, 4.69) is 0 Å². The van der Waals surface area contributed by atoms with Crippen LogP contribution in [0.3, 0.4) is 0 Å². The number of rotatable bonds is 3. The molecule has 27 heavy (non-hydrogen) atoms. The third-order valence-electron chi connectivity index (χ3n) is 5.20. The molecule has 2 amide bonds. The lowest BCUT2D eigenvalue weighted by Gasteiger charge is -2.36. The fourth-order valence-corrected chi connectivity index (χ4v) is 3.83. The SMILES string of the molecule is O=C(OCc1ccccc1)N1CCC(N2C(=O)Cc3cc(F)ccc32)CC1. The molecule has 0 aliphatic carbocycles. The maximum Gasteiger partial charge on any atom is 0.410 e. The molecule has 0 bridgehead atoms. The second kappa shape index (κ2) is 7.39. The molecule has 2 aliphatic heterocycles. The molecule has 0 saturated carbocycles. The summed E-state index contributed by atoms with van der Waals surface area (Å²) in [7, 11) is 0. The minimum atomic E-state index is -0.326. The number of ether oxygens (including phenoxy) is 1. The molecule has 5 nitrogen and oxygen atoms in total. The molecule has 0 N–H and O–H groups in total. The second-order valence-corrected chi connectivity index (χ2v) is 6.97. The monoisotopic (exact) mass is 368 g/mol. The van der Waals surface area contributed by atoms with Crippen molar-refractivity contribution >= 4 is 17.7 Å². The smallest absolute Gasteiger partial charge is 0.410 e. The Balaban J connectivity index is 1.34. The molecule has 0 radical (unpaired) electrons. The van der Waals surface area contributed by atoms with Crippen LogP contribution in [0.4, 0.5) is 14.9 Å². The van der Waals surface area contributed by atoms with Crippen LogP contribution in [-0.4, -0.2) is 36.0 Å². The number of likely N-dealkylation sites (tertiary alicyclic amines) is 1. The van der Waals surface area contributed by atoms with Crippen molar-refractivity contribution in [1.29, 1.82) is 0 Å². The quantitative estimate of drug-likeness (QED) is 0.833. The molecule has 0 aromatic heterocycles. The first-order chi connectivity index (χ1) is 13.1. The van der Waals surface area contributed by atoms with Crippen LogP contribution in [-0.2, 0) is 22.6 Å². The molecule has 2 aromatic carbocycles. The van der Waals surface area contributed by atoms with Gasteiger partial charge in [0, 0.05) is 24.8 Å². The number of piperidine rings is 1. The maximum atomic E-state index is 13.4. The Bertz CT molecular complexity index is 848. The normalized spacial score (nSPS) is 17.1. The zero-order valence-corrected chi connectivity index (χ0v) is 14.9. The Kier molecular flexibility index (Phi) is 4.79. The van der Waals surface area contributed by atoms with Gasteiger partial charge in [0.25, 0.3) is 0 Å². The second-order valence-electron chi connectivity index (χ2n) is 6.97. The number of carbonyl (C=O) groups is 2. The molecule has 1 saturated heterocycles. The van der Waals surface area contributed by atoms with Gasteiger partial charge in [-0.1, -0.05) is 30.3 Å². The molecule has 140 valence electrons. The van der Waals surface area contributed by atoms with E-state index < -0.39 is 0 Å². The van der Waals surface area contributed by atoms with Gasteiger partial charge in [-0.05, 0) is 42.2 Å². The number of amides is 2. The van der Waals surface area contributed by atoms with Crippen molar-refractivity contribution in [2.45, 2.75) is 31.9 Å². The Labute approximate surface area is 157 Å². The molecule has 6 heteroatoms. The van der Waals surface area contributed by atoms with Gasteiger partial charge in [0.15, 0.2) is 0 Å². The Morgan fingerprint density at radius 1 is 1.11 bits per heavy atom. The van der Waals surface area contributed by atoms with E-state index in [1.807, 2.05) is 30.3 Å². The van der Waals surface area contributed by atoms with Crippen molar-refractivity contribution in [3.8, 4) is 0 Å². The molecular formula is C21H21FN2O3. The number of nitrogens with zero attached hydrogens (tertiary/aromatic N) is 2. The summed E-state index contributed by atoms with van der Waals surface area (Å²) in [4.78, 5) is 28.2. The fourth-order valence-electron chi connectivity index (χ4n) is 3.83. The highest BCUT2D eigenvalue weighted by Gasteiger charge is 2.36. The summed E-state index contributed by atoms with van der Waals surface area (Å²) in [5, 5.41) is 0. The van der Waals surface area contributed by atoms with Gasteiger partial charge in [0.1, 0.15) is 12.4 Å². The largest absolute Gasteiger partial charge is 0.445 e. The molecular weight excluding hydrogens is 347 g/mol. The van der Waals surface area contributed by atoms with Crippen LogP contribution in [0.25, 0.3) is 0 Å². The van der Waals surface area contributed by atoms with E-state index in [-0.39, 0.29) is 36.9 Å². The predicted molar refractivity (Wildman–Crippen MR) is 98.8 cm³/mol. The molecule has 0 atom stereocenters. The van der Waals surface area contributed by atoms with Gasteiger partial charge >= 0.3 is 6.09 Å². The van der Waals surface area contributed by atoms with Gasteiger partial charge in [0.05, 0.1) is 6.42 Å². The topological polar surface area (TPSA) is 49.9 Å². The first kappa shape index (κ1) is 17.5. The van der Waals surface area contributed by atoms with E-state index in [1.54, 1.807) is 15.9 Å². The Morgan fingerprint density at radius 3 is 2.59 bits per heavy atom. The van der Waals surface area contributed by atoms with Crippen LogP contribution in [0.15, 0.2) is 48.5 Å². The first-order valence-electron chi connectivity index (χ1n) is 9.18. The number of benzene rings is 2. The average Bonchev–Trinajstić information content (AvgIpc) is 3.01. The van der Waals surface area contributed by atoms with Crippen LogP contribution >= 0.6 is 0 Å². The third-order valence-corrected chi connectivity index (χ3v) is 5.20. The van der Waals surface area contributed by atoms with E-state index in [0.29, 0.717) is 25.9 Å². The molecule has 4 rings (SSSR count). The lowest BCUT2D eigenvalue weighted by Crippen LogP contribution is -2.48. The molecule has 0 unspecified atom stereocenters. The van der Waals surface area contributed by atoms with E-state index in [4.69, 9.17) is 4.74 Å². The van der Waals surface area contributed by atoms with Crippen molar-refractivity contribution in [3.63, 3.8) is 0 Å². The molecule has 1 fully saturated rings. The standard InChI is InChI=1S/C21H21FN2O3/c22-17-6-7-19-16(12-17)13-20(25)24(19)18-8-10-23(11-9-18)21(26)27-14-15-4-2-1-3-5-15/h1-7,12,18H,8-11,13-14H2. The molecule has 2 aliphatic rings. The minimum absolute atomic E-state index is 0.000652. The van der Waals surface area contributed by atoms with Gasteiger partial charge in [-0.15, -0.1) is 0 Å². The average molecular weight is 368 g/mol. The van der Waals surface area contributed by atoms with Crippen LogP contribution in [0.2, 0.25) is 0 Å². The van der Waals surface area contributed by atoms with Crippen molar-refractivity contribution in [3.05, 3.63) is 65.5 Å². The number of carbonyl (C=O) groups excluding carboxylic acids is 2. The summed E-state index contributed by atoms with van der Waals surface area (Å²) >= 11 is 0. The summed E-state index contributed by atoms with van der Waals surface area (Å²) in [6.07, 6.45) is 1.28. The number of anilines is 1. The maximum absolute atomic E-state index is 13.4. The number of hydrogen-bond donors (Lipinski definition) is 0. The Hall–Kier alpha value is -2.89. The van der Waals surface area contributed by atoms with Gasteiger partial charge in [-0.2, -0.15) is 0 Å². The lowest BCUT2D eigenvalue weighted by molar-refractivity contribution is -0.118. The number of halogens is 1. The van der Waals surface area contributed by atoms with Gasteiger partial charge in [-0.3, -0.25) is 4.79 Å². The molecule has 0 spiro atoms. The van der Waals surface area contributed by atoms with Gasteiger partial charge < -0.3 is 14.5 Å². The summed E-state index contributed by atoms with van der Waals surface area (Å²) < 4.78 is 18.8. The zero-order chi connectivity index (χ0) is 18.8. The van der Waals surface area contributed by atoms with E-state index in [9.17, 15) is 14.0 Å². The zero-order valence-electron chi connectivity index (χ0n) is 14.9. The minimum Gasteiger partial charge on any atom is -0.445 e. The number of hydrogen-bond acceptors (Lipinski definition) is 3. The summed E-state index contributed by atoms with van der Waals surface area (Å²) in [5.74, 6) is -0.319. The van der Waals surface area contributed by atoms with Crippen molar-refractivity contribution in [2.24, 2.45) is 0 Å². The third kappa shape index (κ3) is 3.65. The van der Waals surface area contributed by atoms with Crippen molar-refractivity contribution in [1.82, 2.24) is 4.90 Å². The van der Waals surface area contributed by atoms with Crippen LogP contribution < -0.4 is 4.90 Å². The van der Waals surface area contributed by atoms with E-state index in [1.165, 1.54) is 12.1 Å². The molecule has 2 aromatic rings. The summed E-state index contributed by atoms with van der Waals surface area (Å²) in [6.45, 7) is 1.33. The highest BCUT2D eigenvalue weighted by atomic mass is 19.1. The van der Waals surface area contributed by atoms with Gasteiger partial charge in [-0.25, -0.2) is 9.18 Å². The van der Waals surface area contributed by atoms with Gasteiger partial charge in [0.2, 0.25) is 5.91 Å². The molecule has 2 heterocycles. The van der Waals surface area contributed by atoms with Crippen molar-refractivity contribution in [2.75, 3.05) is 18.0 Å². The summed E-state index contributed by atoms with van der Waals surface area (Å²) in [5.41, 5.74) is 2.49. The van der Waals surface area contributed by atoms with Crippen LogP contribution in [0.1, 0.15) is 24.0 Å². The van der Waals surface area contributed by atoms with E-state index in [0.717, 1.165) is 16.8 Å². The fraction of sp³-hybridized carbons (Fsp3) is 0.333. The lowest BCUT2D eigenvalue weighted by atomic mass is 10.0. The highest BCUT2D eigenvalue weighted by molar-refractivity contribution is 6.01. The predicted octanol–water partition coefficient (Wildman–Crippen LogP) is 3.52. The van der Waals surface area contributed by atoms with Crippen LogP contribution in [0, 0.1) is 5.82 Å². The Morgan fingerprint density at radius 2 is 1.85 bits per heavy atom. The summed E-state index contributed by atoms with van der Waals surface area (Å²) in [6, 6.07) is 14.1. The first-order valence-corrected chi connectivity index (χ1v) is 9.18. The van der Waals surface area contributed by atoms with E-state index >= 15 is 0 Å². The highest BCUT2D eigenvalue weighted by Crippen LogP contribution is 2.34. The van der Waals surface area contributed by atoms with Crippen molar-refractivity contribution < 1.29 is 18.7 Å². The number of fused-ring (bicyclic) bond motifs is 1.